The maximum atomic E-state index is 10.9. The summed E-state index contributed by atoms with van der Waals surface area (Å²) < 4.78 is 0. The van der Waals surface area contributed by atoms with Gasteiger partial charge in [-0.05, 0) is 37.3 Å². The Bertz CT molecular complexity index is 422. The zero-order chi connectivity index (χ0) is 13.0. The molecule has 0 amide bonds. The molecular formula is C13H18N2O3. The minimum atomic E-state index is -1.00. The smallest absolute Gasteiger partial charge is 0.354 e. The highest BCUT2D eigenvalue weighted by atomic mass is 16.4. The molecule has 18 heavy (non-hydrogen) atoms. The molecule has 2 heterocycles. The summed E-state index contributed by atoms with van der Waals surface area (Å²) in [5.41, 5.74) is 0.0791. The topological polar surface area (TPSA) is 73.7 Å². The van der Waals surface area contributed by atoms with Gasteiger partial charge in [0.2, 0.25) is 0 Å². The maximum Gasteiger partial charge on any atom is 0.354 e. The Balaban J connectivity index is 2.11. The molecule has 0 bridgehead atoms. The van der Waals surface area contributed by atoms with E-state index in [4.69, 9.17) is 5.11 Å². The normalized spacial score (nSPS) is 20.5. The molecule has 98 valence electrons. The lowest BCUT2D eigenvalue weighted by Crippen LogP contribution is -2.25. The van der Waals surface area contributed by atoms with E-state index in [1.165, 1.54) is 6.07 Å². The number of carboxylic acid groups (broad SMARTS) is 1. The fourth-order valence-corrected chi connectivity index (χ4v) is 2.30. The first kappa shape index (κ1) is 12.8. The van der Waals surface area contributed by atoms with Crippen LogP contribution in [-0.4, -0.2) is 40.9 Å². The Hall–Kier alpha value is -1.62. The molecule has 1 aliphatic heterocycles. The number of aliphatic hydroxyl groups is 1. The average molecular weight is 250 g/mol. The van der Waals surface area contributed by atoms with Crippen molar-refractivity contribution in [1.82, 2.24) is 4.98 Å². The van der Waals surface area contributed by atoms with Gasteiger partial charge in [-0.1, -0.05) is 6.07 Å². The third kappa shape index (κ3) is 2.98. The van der Waals surface area contributed by atoms with Crippen LogP contribution in [0.3, 0.4) is 0 Å². The van der Waals surface area contributed by atoms with Crippen LogP contribution in [0, 0.1) is 5.92 Å². The summed E-state index contributed by atoms with van der Waals surface area (Å²) in [7, 11) is 0. The third-order valence-electron chi connectivity index (χ3n) is 3.38. The number of anilines is 1. The standard InChI is InChI=1S/C13H18N2O3/c16-9-10-3-2-7-15(8-6-10)12-5-1-4-11(14-12)13(17)18/h1,4-5,10,16H,2-3,6-9H2,(H,17,18). The number of aliphatic hydroxyl groups excluding tert-OH is 1. The Morgan fingerprint density at radius 1 is 1.39 bits per heavy atom. The predicted octanol–water partition coefficient (Wildman–Crippen LogP) is 1.38. The van der Waals surface area contributed by atoms with Crippen LogP contribution in [-0.2, 0) is 0 Å². The number of carboxylic acids is 1. The van der Waals surface area contributed by atoms with Crippen molar-refractivity contribution < 1.29 is 15.0 Å². The Morgan fingerprint density at radius 2 is 2.22 bits per heavy atom. The summed E-state index contributed by atoms with van der Waals surface area (Å²) >= 11 is 0. The molecule has 0 radical (unpaired) electrons. The van der Waals surface area contributed by atoms with E-state index in [2.05, 4.69) is 9.88 Å². The summed E-state index contributed by atoms with van der Waals surface area (Å²) in [5.74, 6) is 0.0750. The predicted molar refractivity (Wildman–Crippen MR) is 67.8 cm³/mol. The average Bonchev–Trinajstić information content (AvgIpc) is 2.64. The van der Waals surface area contributed by atoms with Crippen molar-refractivity contribution in [2.24, 2.45) is 5.92 Å². The zero-order valence-electron chi connectivity index (χ0n) is 10.2. The third-order valence-corrected chi connectivity index (χ3v) is 3.38. The fourth-order valence-electron chi connectivity index (χ4n) is 2.30. The SMILES string of the molecule is O=C(O)c1cccc(N2CCCC(CO)CC2)n1. The van der Waals surface area contributed by atoms with Crippen molar-refractivity contribution >= 4 is 11.8 Å². The molecule has 1 aliphatic rings. The molecule has 1 aromatic rings. The Labute approximate surface area is 106 Å². The van der Waals surface area contributed by atoms with Gasteiger partial charge < -0.3 is 15.1 Å². The highest BCUT2D eigenvalue weighted by molar-refractivity contribution is 5.85. The number of rotatable bonds is 3. The molecule has 1 atom stereocenters. The van der Waals surface area contributed by atoms with Gasteiger partial charge in [-0.25, -0.2) is 9.78 Å². The van der Waals surface area contributed by atoms with Gasteiger partial charge >= 0.3 is 5.97 Å². The number of aromatic nitrogens is 1. The molecule has 2 rings (SSSR count). The molecular weight excluding hydrogens is 232 g/mol. The van der Waals surface area contributed by atoms with Crippen LogP contribution in [0.4, 0.5) is 5.82 Å². The highest BCUT2D eigenvalue weighted by Crippen LogP contribution is 2.21. The van der Waals surface area contributed by atoms with E-state index in [0.29, 0.717) is 11.7 Å². The number of aromatic carboxylic acids is 1. The number of pyridine rings is 1. The number of carbonyl (C=O) groups is 1. The van der Waals surface area contributed by atoms with Gasteiger partial charge in [0.25, 0.3) is 0 Å². The molecule has 1 saturated heterocycles. The fraction of sp³-hybridized carbons (Fsp3) is 0.538. The first-order chi connectivity index (χ1) is 8.70. The van der Waals surface area contributed by atoms with Gasteiger partial charge in [0.05, 0.1) is 0 Å². The molecule has 1 aromatic heterocycles. The lowest BCUT2D eigenvalue weighted by molar-refractivity contribution is 0.0690. The van der Waals surface area contributed by atoms with Gasteiger partial charge in [-0.2, -0.15) is 0 Å². The number of hydrogen-bond acceptors (Lipinski definition) is 4. The van der Waals surface area contributed by atoms with Crippen LogP contribution in [0.1, 0.15) is 29.8 Å². The maximum absolute atomic E-state index is 10.9. The van der Waals surface area contributed by atoms with Crippen molar-refractivity contribution in [3.05, 3.63) is 23.9 Å². The van der Waals surface area contributed by atoms with Crippen molar-refractivity contribution in [3.8, 4) is 0 Å². The first-order valence-corrected chi connectivity index (χ1v) is 6.27. The largest absolute Gasteiger partial charge is 0.477 e. The van der Waals surface area contributed by atoms with Crippen LogP contribution in [0.25, 0.3) is 0 Å². The second-order valence-corrected chi connectivity index (χ2v) is 4.65. The van der Waals surface area contributed by atoms with E-state index in [9.17, 15) is 9.90 Å². The quantitative estimate of drug-likeness (QED) is 0.847. The van der Waals surface area contributed by atoms with Crippen molar-refractivity contribution in [2.75, 3.05) is 24.6 Å². The Morgan fingerprint density at radius 3 is 2.94 bits per heavy atom. The van der Waals surface area contributed by atoms with E-state index in [1.807, 2.05) is 6.07 Å². The summed E-state index contributed by atoms with van der Waals surface area (Å²) in [6.07, 6.45) is 2.95. The van der Waals surface area contributed by atoms with Crippen LogP contribution >= 0.6 is 0 Å². The van der Waals surface area contributed by atoms with E-state index >= 15 is 0 Å². The van der Waals surface area contributed by atoms with Crippen LogP contribution < -0.4 is 4.90 Å². The molecule has 0 saturated carbocycles. The van der Waals surface area contributed by atoms with Gasteiger partial charge in [0, 0.05) is 19.7 Å². The molecule has 0 aromatic carbocycles. The van der Waals surface area contributed by atoms with Gasteiger partial charge in [-0.3, -0.25) is 0 Å². The minimum absolute atomic E-state index is 0.0791. The highest BCUT2D eigenvalue weighted by Gasteiger charge is 2.18. The summed E-state index contributed by atoms with van der Waals surface area (Å²) in [4.78, 5) is 17.1. The van der Waals surface area contributed by atoms with Gasteiger partial charge in [0.1, 0.15) is 5.82 Å². The lowest BCUT2D eigenvalue weighted by atomic mass is 10.0. The molecule has 2 N–H and O–H groups in total. The van der Waals surface area contributed by atoms with Gasteiger partial charge in [0.15, 0.2) is 5.69 Å². The molecule has 0 aliphatic carbocycles. The van der Waals surface area contributed by atoms with Gasteiger partial charge in [-0.15, -0.1) is 0 Å². The van der Waals surface area contributed by atoms with Crippen LogP contribution in [0.5, 0.6) is 0 Å². The van der Waals surface area contributed by atoms with Crippen molar-refractivity contribution in [1.29, 1.82) is 0 Å². The monoisotopic (exact) mass is 250 g/mol. The second-order valence-electron chi connectivity index (χ2n) is 4.65. The molecule has 5 heteroatoms. The lowest BCUT2D eigenvalue weighted by Gasteiger charge is -2.21. The molecule has 1 fully saturated rings. The van der Waals surface area contributed by atoms with E-state index in [-0.39, 0.29) is 12.3 Å². The van der Waals surface area contributed by atoms with E-state index < -0.39 is 5.97 Å². The summed E-state index contributed by atoms with van der Waals surface area (Å²) in [6.45, 7) is 1.92. The van der Waals surface area contributed by atoms with E-state index in [1.54, 1.807) is 6.07 Å². The second kappa shape index (κ2) is 5.82. The summed E-state index contributed by atoms with van der Waals surface area (Å²) in [5, 5.41) is 18.1. The Kier molecular flexibility index (Phi) is 4.15. The van der Waals surface area contributed by atoms with Crippen molar-refractivity contribution in [3.63, 3.8) is 0 Å². The zero-order valence-corrected chi connectivity index (χ0v) is 10.2. The minimum Gasteiger partial charge on any atom is -0.477 e. The molecule has 1 unspecified atom stereocenters. The van der Waals surface area contributed by atoms with Crippen molar-refractivity contribution in [2.45, 2.75) is 19.3 Å². The number of nitrogens with zero attached hydrogens (tertiary/aromatic N) is 2. The molecule has 0 spiro atoms. The number of hydrogen-bond donors (Lipinski definition) is 2. The van der Waals surface area contributed by atoms with Crippen LogP contribution in [0.2, 0.25) is 0 Å². The first-order valence-electron chi connectivity index (χ1n) is 6.27. The molecule has 5 nitrogen and oxygen atoms in total. The van der Waals surface area contributed by atoms with E-state index in [0.717, 1.165) is 32.4 Å². The summed E-state index contributed by atoms with van der Waals surface area (Å²) in [6, 6.07) is 5.06. The van der Waals surface area contributed by atoms with Crippen LogP contribution in [0.15, 0.2) is 18.2 Å².